The van der Waals surface area contributed by atoms with Gasteiger partial charge in [0.2, 0.25) is 0 Å². The van der Waals surface area contributed by atoms with E-state index in [0.717, 1.165) is 23.9 Å². The molecule has 2 aromatic heterocycles. The summed E-state index contributed by atoms with van der Waals surface area (Å²) in [4.78, 5) is 19.0. The fraction of sp³-hybridized carbons (Fsp3) is 0.417. The highest BCUT2D eigenvalue weighted by Gasteiger charge is 2.51. The largest absolute Gasteiger partial charge is 0.462 e. The van der Waals surface area contributed by atoms with E-state index in [9.17, 15) is 4.79 Å². The number of benzene rings is 1. The van der Waals surface area contributed by atoms with Crippen LogP contribution in [0.5, 0.6) is 0 Å². The van der Waals surface area contributed by atoms with Gasteiger partial charge in [-0.1, -0.05) is 12.1 Å². The zero-order valence-corrected chi connectivity index (χ0v) is 19.6. The molecule has 2 aliphatic rings. The third-order valence-corrected chi connectivity index (χ3v) is 7.36. The van der Waals surface area contributed by atoms with Gasteiger partial charge in [-0.25, -0.2) is 4.79 Å². The van der Waals surface area contributed by atoms with Crippen LogP contribution in [0.2, 0.25) is 0 Å². The van der Waals surface area contributed by atoms with Crippen LogP contribution in [0, 0.1) is 5.92 Å². The van der Waals surface area contributed by atoms with E-state index in [1.807, 2.05) is 7.11 Å². The van der Waals surface area contributed by atoms with Crippen molar-refractivity contribution in [2.75, 3.05) is 27.3 Å². The van der Waals surface area contributed by atoms with Crippen molar-refractivity contribution in [3.63, 3.8) is 0 Å². The number of hydrogen-bond donors (Lipinski definition) is 0. The van der Waals surface area contributed by atoms with Crippen molar-refractivity contribution in [3.05, 3.63) is 64.0 Å². The maximum absolute atomic E-state index is 12.5. The van der Waals surface area contributed by atoms with Crippen molar-refractivity contribution < 1.29 is 14.3 Å². The second-order valence-electron chi connectivity index (χ2n) is 8.78. The monoisotopic (exact) mass is 483 g/mol. The minimum Gasteiger partial charge on any atom is -0.462 e. The molecule has 162 valence electrons. The van der Waals surface area contributed by atoms with Crippen LogP contribution in [0.4, 0.5) is 0 Å². The molecule has 1 unspecified atom stereocenters. The Morgan fingerprint density at radius 3 is 2.94 bits per heavy atom. The van der Waals surface area contributed by atoms with Gasteiger partial charge in [0.05, 0.1) is 12.2 Å². The van der Waals surface area contributed by atoms with Crippen LogP contribution in [-0.2, 0) is 28.5 Å². The summed E-state index contributed by atoms with van der Waals surface area (Å²) in [7, 11) is 6.07. The Morgan fingerprint density at radius 2 is 2.16 bits per heavy atom. The molecular weight excluding hydrogens is 458 g/mol. The van der Waals surface area contributed by atoms with Gasteiger partial charge in [0.15, 0.2) is 0 Å². The highest BCUT2D eigenvalue weighted by molar-refractivity contribution is 9.10. The average molecular weight is 484 g/mol. The Morgan fingerprint density at radius 1 is 1.32 bits per heavy atom. The fourth-order valence-corrected chi connectivity index (χ4v) is 5.99. The minimum atomic E-state index is -0.421. The van der Waals surface area contributed by atoms with Crippen LogP contribution in [0.15, 0.2) is 47.3 Å². The quantitative estimate of drug-likeness (QED) is 0.526. The molecule has 0 saturated carbocycles. The molecular formula is C24H26BrN3O3. The molecule has 1 aliphatic carbocycles. The number of hydrogen-bond acceptors (Lipinski definition) is 5. The molecule has 3 aromatic rings. The predicted octanol–water partition coefficient (Wildman–Crippen LogP) is 3.91. The fourth-order valence-electron chi connectivity index (χ4n) is 5.63. The summed E-state index contributed by atoms with van der Waals surface area (Å²) < 4.78 is 15.0. The van der Waals surface area contributed by atoms with Crippen molar-refractivity contribution in [1.29, 1.82) is 0 Å². The predicted molar refractivity (Wildman–Crippen MR) is 122 cm³/mol. The number of carbonyl (C=O) groups is 1. The smallest absolute Gasteiger partial charge is 0.339 e. The van der Waals surface area contributed by atoms with Gasteiger partial charge in [0, 0.05) is 66.6 Å². The van der Waals surface area contributed by atoms with E-state index in [0.29, 0.717) is 12.2 Å². The number of fused-ring (bicyclic) bond motifs is 2. The molecule has 1 fully saturated rings. The number of carbonyl (C=O) groups excluding carboxylic acids is 1. The number of aryl methyl sites for hydroxylation is 1. The van der Waals surface area contributed by atoms with Gasteiger partial charge in [-0.2, -0.15) is 0 Å². The van der Waals surface area contributed by atoms with Gasteiger partial charge >= 0.3 is 5.97 Å². The Labute approximate surface area is 190 Å². The van der Waals surface area contributed by atoms with Crippen molar-refractivity contribution in [2.24, 2.45) is 13.0 Å². The van der Waals surface area contributed by atoms with Gasteiger partial charge < -0.3 is 14.0 Å². The van der Waals surface area contributed by atoms with Crippen molar-refractivity contribution >= 4 is 32.8 Å². The average Bonchev–Trinajstić information content (AvgIpc) is 3.09. The molecule has 0 N–H and O–H groups in total. The topological polar surface area (TPSA) is 56.6 Å². The molecule has 1 aliphatic heterocycles. The molecule has 31 heavy (non-hydrogen) atoms. The van der Waals surface area contributed by atoms with Crippen LogP contribution >= 0.6 is 15.9 Å². The van der Waals surface area contributed by atoms with Crippen LogP contribution in [-0.4, -0.2) is 53.8 Å². The van der Waals surface area contributed by atoms with Gasteiger partial charge in [0.25, 0.3) is 0 Å². The number of ether oxygens (including phenoxy) is 2. The summed E-state index contributed by atoms with van der Waals surface area (Å²) in [5, 5.41) is 1.31. The standard InChI is InChI=1S/C24H26BrN3O3/c1-27-13-17-8-21-24(30-3,19-5-4-6-20(27)22(17)19)9-15(12-28(21)2)14-31-23(29)16-7-18(25)11-26-10-16/h4-7,10-11,13,15,21H,8-9,12,14H2,1-3H3/t15?,21-,24-/m0/s1. The third-order valence-electron chi connectivity index (χ3n) is 6.93. The SMILES string of the molecule is CO[C@]12CC(COC(=O)c3cncc(Br)c3)CN(C)[C@H]1Cc1cn(C)c3cccc2c13. The lowest BCUT2D eigenvalue weighted by atomic mass is 9.69. The maximum atomic E-state index is 12.5. The number of pyridine rings is 1. The van der Waals surface area contributed by atoms with E-state index >= 15 is 0 Å². The van der Waals surface area contributed by atoms with Crippen molar-refractivity contribution in [3.8, 4) is 0 Å². The number of aromatic nitrogens is 2. The molecule has 0 bridgehead atoms. The first-order chi connectivity index (χ1) is 14.9. The lowest BCUT2D eigenvalue weighted by Crippen LogP contribution is -2.59. The number of nitrogens with zero attached hydrogens (tertiary/aromatic N) is 3. The summed E-state index contributed by atoms with van der Waals surface area (Å²) in [6.07, 6.45) is 7.20. The summed E-state index contributed by atoms with van der Waals surface area (Å²) in [6, 6.07) is 8.47. The molecule has 7 heteroatoms. The van der Waals surface area contributed by atoms with Crippen molar-refractivity contribution in [1.82, 2.24) is 14.5 Å². The summed E-state index contributed by atoms with van der Waals surface area (Å²) in [5.41, 5.74) is 3.90. The summed E-state index contributed by atoms with van der Waals surface area (Å²) in [5.74, 6) is -0.174. The number of likely N-dealkylation sites (tertiary alicyclic amines) is 1. The zero-order valence-electron chi connectivity index (χ0n) is 18.0. The molecule has 3 atom stereocenters. The molecule has 0 spiro atoms. The number of likely N-dealkylation sites (N-methyl/N-ethyl adjacent to an activating group) is 1. The molecule has 6 nitrogen and oxygen atoms in total. The maximum Gasteiger partial charge on any atom is 0.339 e. The molecule has 3 heterocycles. The van der Waals surface area contributed by atoms with E-state index < -0.39 is 5.60 Å². The minimum absolute atomic E-state index is 0.172. The van der Waals surface area contributed by atoms with Crippen LogP contribution in [0.3, 0.4) is 0 Å². The highest BCUT2D eigenvalue weighted by atomic mass is 79.9. The highest BCUT2D eigenvalue weighted by Crippen LogP contribution is 2.49. The first kappa shape index (κ1) is 20.7. The van der Waals surface area contributed by atoms with Gasteiger partial charge in [-0.05, 0) is 59.1 Å². The lowest BCUT2D eigenvalue weighted by molar-refractivity contribution is -0.131. The summed E-state index contributed by atoms with van der Waals surface area (Å²) in [6.45, 7) is 1.21. The van der Waals surface area contributed by atoms with E-state index in [1.165, 1.54) is 28.2 Å². The van der Waals surface area contributed by atoms with E-state index in [4.69, 9.17) is 9.47 Å². The van der Waals surface area contributed by atoms with Crippen LogP contribution in [0.1, 0.15) is 27.9 Å². The number of rotatable bonds is 4. The zero-order chi connectivity index (χ0) is 21.8. The first-order valence-corrected chi connectivity index (χ1v) is 11.3. The Bertz CT molecular complexity index is 1160. The number of piperidine rings is 1. The van der Waals surface area contributed by atoms with Gasteiger partial charge in [0.1, 0.15) is 5.60 Å². The molecule has 1 saturated heterocycles. The van der Waals surface area contributed by atoms with E-state index in [1.54, 1.807) is 12.3 Å². The lowest BCUT2D eigenvalue weighted by Gasteiger charge is -2.53. The number of halogens is 1. The Kier molecular flexibility index (Phi) is 5.15. The van der Waals surface area contributed by atoms with E-state index in [2.05, 4.69) is 68.9 Å². The normalized spacial score (nSPS) is 25.4. The second-order valence-corrected chi connectivity index (χ2v) is 9.69. The number of esters is 1. The molecule has 0 amide bonds. The number of methoxy groups -OCH3 is 1. The summed E-state index contributed by atoms with van der Waals surface area (Å²) >= 11 is 3.35. The first-order valence-electron chi connectivity index (χ1n) is 10.5. The molecule has 0 radical (unpaired) electrons. The molecule has 5 rings (SSSR count). The van der Waals surface area contributed by atoms with E-state index in [-0.39, 0.29) is 17.9 Å². The third kappa shape index (κ3) is 3.30. The van der Waals surface area contributed by atoms with Gasteiger partial charge in [-0.15, -0.1) is 0 Å². The van der Waals surface area contributed by atoms with Crippen LogP contribution in [0.25, 0.3) is 10.9 Å². The van der Waals surface area contributed by atoms with Gasteiger partial charge in [-0.3, -0.25) is 9.88 Å². The Hall–Kier alpha value is -2.22. The molecule has 1 aromatic carbocycles. The second kappa shape index (κ2) is 7.73. The van der Waals surface area contributed by atoms with Crippen molar-refractivity contribution in [2.45, 2.75) is 24.5 Å². The van der Waals surface area contributed by atoms with Crippen LogP contribution < -0.4 is 0 Å². The Balaban J connectivity index is 1.44.